The summed E-state index contributed by atoms with van der Waals surface area (Å²) in [5.74, 6) is -5.70. The largest absolute Gasteiger partial charge is 0.435 e. The van der Waals surface area contributed by atoms with Gasteiger partial charge in [-0.15, -0.1) is 0 Å². The topological polar surface area (TPSA) is 120 Å². The minimum atomic E-state index is -4.86. The molecule has 0 spiro atoms. The molecule has 1 saturated carbocycles. The molecule has 2 amide bonds. The Morgan fingerprint density at radius 2 is 1.82 bits per heavy atom. The fourth-order valence-electron chi connectivity index (χ4n) is 6.13. The molecule has 232 valence electrons. The number of alkyl halides is 3. The Bertz CT molecular complexity index is 1880. The fraction of sp³-hybridized carbons (Fsp3) is 0.258. The van der Waals surface area contributed by atoms with Gasteiger partial charge in [0.2, 0.25) is 5.91 Å². The highest BCUT2D eigenvalue weighted by Crippen LogP contribution is 2.63. The summed E-state index contributed by atoms with van der Waals surface area (Å²) in [6.07, 6.45) is -3.48. The van der Waals surface area contributed by atoms with Crippen molar-refractivity contribution in [3.8, 4) is 11.1 Å². The number of hydrogen-bond donors (Lipinski definition) is 2. The first kappa shape index (κ1) is 30.0. The average molecular weight is 628 g/mol. The molecular formula is C31H23F6N5O3. The van der Waals surface area contributed by atoms with Crippen molar-refractivity contribution in [1.29, 1.82) is 0 Å². The molecular weight excluding hydrogens is 604 g/mol. The van der Waals surface area contributed by atoms with Crippen molar-refractivity contribution in [3.63, 3.8) is 0 Å². The van der Waals surface area contributed by atoms with Gasteiger partial charge in [0.1, 0.15) is 29.7 Å². The Hall–Kier alpha value is -5.01. The second-order valence-corrected chi connectivity index (χ2v) is 11.4. The molecule has 1 fully saturated rings. The van der Waals surface area contributed by atoms with Gasteiger partial charge in [-0.05, 0) is 54.3 Å². The van der Waals surface area contributed by atoms with Crippen LogP contribution < -0.4 is 11.1 Å². The van der Waals surface area contributed by atoms with E-state index in [-0.39, 0.29) is 40.9 Å². The van der Waals surface area contributed by atoms with E-state index in [9.17, 15) is 40.7 Å². The number of halogens is 6. The summed E-state index contributed by atoms with van der Waals surface area (Å²) in [5.41, 5.74) is 2.97. The number of hydrogen-bond acceptors (Lipinski definition) is 5. The Morgan fingerprint density at radius 3 is 2.49 bits per heavy atom. The van der Waals surface area contributed by atoms with Crippen LogP contribution in [0.2, 0.25) is 0 Å². The molecule has 3 N–H and O–H groups in total. The molecule has 14 heteroatoms. The highest BCUT2D eigenvalue weighted by molar-refractivity contribution is 6.06. The third kappa shape index (κ3) is 5.34. The predicted molar refractivity (Wildman–Crippen MR) is 146 cm³/mol. The average Bonchev–Trinajstić information content (AvgIpc) is 3.40. The van der Waals surface area contributed by atoms with E-state index >= 15 is 0 Å². The minimum Gasteiger partial charge on any atom is -0.366 e. The van der Waals surface area contributed by atoms with E-state index in [0.717, 1.165) is 22.9 Å². The van der Waals surface area contributed by atoms with Crippen molar-refractivity contribution in [3.05, 3.63) is 106 Å². The minimum absolute atomic E-state index is 0.105. The lowest BCUT2D eigenvalue weighted by Gasteiger charge is -2.22. The molecule has 2 aromatic carbocycles. The number of amides is 2. The number of pyridine rings is 1. The zero-order valence-electron chi connectivity index (χ0n) is 23.4. The lowest BCUT2D eigenvalue weighted by atomic mass is 9.94. The van der Waals surface area contributed by atoms with Crippen molar-refractivity contribution >= 4 is 17.6 Å². The number of rotatable bonds is 8. The first-order valence-electron chi connectivity index (χ1n) is 13.7. The Labute approximate surface area is 251 Å². The van der Waals surface area contributed by atoms with Crippen LogP contribution in [0.1, 0.15) is 62.7 Å². The van der Waals surface area contributed by atoms with Crippen LogP contribution in [0.4, 0.5) is 26.3 Å². The number of carbonyl (C=O) groups excluding carboxylic acids is 3. The van der Waals surface area contributed by atoms with Crippen LogP contribution in [0, 0.1) is 23.4 Å². The van der Waals surface area contributed by atoms with E-state index in [1.54, 1.807) is 13.0 Å². The molecule has 2 aromatic heterocycles. The van der Waals surface area contributed by atoms with Crippen LogP contribution in [0.15, 0.2) is 54.7 Å². The molecule has 3 atom stereocenters. The second-order valence-electron chi connectivity index (χ2n) is 11.4. The molecule has 0 saturated heterocycles. The summed E-state index contributed by atoms with van der Waals surface area (Å²) in [6, 6.07) is 8.19. The van der Waals surface area contributed by atoms with Gasteiger partial charge in [0.05, 0.1) is 17.3 Å². The van der Waals surface area contributed by atoms with E-state index in [0.29, 0.717) is 11.6 Å². The van der Waals surface area contributed by atoms with Gasteiger partial charge in [0.25, 0.3) is 5.91 Å². The highest BCUT2D eigenvalue weighted by Gasteiger charge is 2.66. The van der Waals surface area contributed by atoms with E-state index in [2.05, 4.69) is 15.4 Å². The summed E-state index contributed by atoms with van der Waals surface area (Å²) in [4.78, 5) is 42.5. The SMILES string of the molecule is CC12CC1C(=O)c1c2c(C(F)(F)F)nn1CC(=O)NC(Cc1cc(F)cc(F)c1)c1ncccc1-c1ccc(F)c(C(N)=O)c1. The van der Waals surface area contributed by atoms with Crippen molar-refractivity contribution in [1.82, 2.24) is 20.1 Å². The van der Waals surface area contributed by atoms with Crippen molar-refractivity contribution < 1.29 is 40.7 Å². The summed E-state index contributed by atoms with van der Waals surface area (Å²) in [7, 11) is 0. The molecule has 0 aliphatic heterocycles. The maximum Gasteiger partial charge on any atom is 0.435 e. The maximum absolute atomic E-state index is 14.2. The van der Waals surface area contributed by atoms with Gasteiger partial charge in [-0.2, -0.15) is 18.3 Å². The van der Waals surface area contributed by atoms with E-state index < -0.39 is 76.4 Å². The monoisotopic (exact) mass is 627 g/mol. The van der Waals surface area contributed by atoms with Gasteiger partial charge < -0.3 is 11.1 Å². The van der Waals surface area contributed by atoms with Crippen LogP contribution in [0.3, 0.4) is 0 Å². The van der Waals surface area contributed by atoms with Gasteiger partial charge in [0, 0.05) is 34.7 Å². The van der Waals surface area contributed by atoms with Gasteiger partial charge in [-0.1, -0.05) is 19.1 Å². The van der Waals surface area contributed by atoms with Crippen molar-refractivity contribution in [2.75, 3.05) is 0 Å². The standard InChI is InChI=1S/C31H23F6N5O3/c1-30-12-20(30)27(44)26-24(30)28(31(35,36)37)41-42(26)13-23(43)40-22(9-14-7-16(32)11-17(33)8-14)25-18(3-2-6-39-25)15-4-5-21(34)19(10-15)29(38)45/h2-8,10-11,20,22H,9,12-13H2,1H3,(H2,38,45)(H,40,43). The number of ketones is 1. The number of fused-ring (bicyclic) bond motifs is 3. The number of primary amides is 1. The molecule has 8 nitrogen and oxygen atoms in total. The smallest absolute Gasteiger partial charge is 0.366 e. The third-order valence-corrected chi connectivity index (χ3v) is 8.28. The third-order valence-electron chi connectivity index (χ3n) is 8.28. The molecule has 4 aromatic rings. The van der Waals surface area contributed by atoms with Crippen molar-refractivity contribution in [2.45, 2.75) is 43.9 Å². The Morgan fingerprint density at radius 1 is 1.11 bits per heavy atom. The molecule has 3 unspecified atom stereocenters. The normalized spacial score (nSPS) is 19.2. The molecule has 2 aliphatic rings. The quantitative estimate of drug-likeness (QED) is 0.265. The van der Waals surface area contributed by atoms with Crippen molar-refractivity contribution in [2.24, 2.45) is 11.7 Å². The van der Waals surface area contributed by atoms with Crippen LogP contribution in [0.25, 0.3) is 11.1 Å². The number of aromatic nitrogens is 3. The summed E-state index contributed by atoms with van der Waals surface area (Å²) >= 11 is 0. The summed E-state index contributed by atoms with van der Waals surface area (Å²) in [6.45, 7) is 0.782. The molecule has 0 bridgehead atoms. The number of nitrogens with two attached hydrogens (primary N) is 1. The zero-order valence-corrected chi connectivity index (χ0v) is 23.4. The summed E-state index contributed by atoms with van der Waals surface area (Å²) in [5, 5.41) is 6.27. The number of Topliss-reactive ketones (excluding diaryl/α,β-unsaturated/α-hetero) is 1. The summed E-state index contributed by atoms with van der Waals surface area (Å²) < 4.78 is 85.0. The fourth-order valence-corrected chi connectivity index (χ4v) is 6.13. The first-order valence-corrected chi connectivity index (χ1v) is 13.7. The van der Waals surface area contributed by atoms with Crippen LogP contribution >= 0.6 is 0 Å². The lowest BCUT2D eigenvalue weighted by Crippen LogP contribution is -2.34. The lowest BCUT2D eigenvalue weighted by molar-refractivity contribution is -0.142. The van der Waals surface area contributed by atoms with Gasteiger partial charge in [-0.25, -0.2) is 13.2 Å². The maximum atomic E-state index is 14.2. The van der Waals surface area contributed by atoms with E-state index in [4.69, 9.17) is 5.73 Å². The van der Waals surface area contributed by atoms with Crippen LogP contribution in [-0.2, 0) is 29.4 Å². The van der Waals surface area contributed by atoms with Crippen LogP contribution in [0.5, 0.6) is 0 Å². The molecule has 6 rings (SSSR count). The highest BCUT2D eigenvalue weighted by atomic mass is 19.4. The van der Waals surface area contributed by atoms with Gasteiger partial charge >= 0.3 is 6.18 Å². The van der Waals surface area contributed by atoms with Gasteiger partial charge in [0.15, 0.2) is 11.5 Å². The van der Waals surface area contributed by atoms with E-state index in [1.165, 1.54) is 24.4 Å². The number of benzene rings is 2. The number of nitrogens with zero attached hydrogens (tertiary/aromatic N) is 3. The molecule has 2 heterocycles. The van der Waals surface area contributed by atoms with Crippen LogP contribution in [-0.4, -0.2) is 32.4 Å². The van der Waals surface area contributed by atoms with Gasteiger partial charge in [-0.3, -0.25) is 24.0 Å². The zero-order chi connectivity index (χ0) is 32.4. The molecule has 0 radical (unpaired) electrons. The predicted octanol–water partition coefficient (Wildman–Crippen LogP) is 5.05. The Kier molecular flexibility index (Phi) is 7.05. The first-order chi connectivity index (χ1) is 21.2. The second kappa shape index (κ2) is 10.6. The Balaban J connectivity index is 1.38. The molecule has 2 aliphatic carbocycles. The van der Waals surface area contributed by atoms with E-state index in [1.807, 2.05) is 0 Å². The number of carbonyl (C=O) groups is 3. The number of nitrogens with one attached hydrogen (secondary N) is 1. The molecule has 45 heavy (non-hydrogen) atoms.